The zero-order valence-corrected chi connectivity index (χ0v) is 17.9. The maximum Gasteiger partial charge on any atom is 0.332 e. The molecule has 4 rings (SSSR count). The van der Waals surface area contributed by atoms with Gasteiger partial charge in [-0.15, -0.1) is 0 Å². The molecule has 0 saturated carbocycles. The van der Waals surface area contributed by atoms with Crippen LogP contribution in [0.3, 0.4) is 0 Å². The zero-order valence-electron chi connectivity index (χ0n) is 17.9. The third kappa shape index (κ3) is 4.29. The van der Waals surface area contributed by atoms with E-state index in [1.54, 1.807) is 0 Å². The molecule has 8 heteroatoms. The molecule has 3 heterocycles. The van der Waals surface area contributed by atoms with Crippen LogP contribution < -0.4 is 21.5 Å². The van der Waals surface area contributed by atoms with E-state index in [-0.39, 0.29) is 18.1 Å². The van der Waals surface area contributed by atoms with Gasteiger partial charge in [-0.25, -0.2) is 15.2 Å². The summed E-state index contributed by atoms with van der Waals surface area (Å²) >= 11 is 0. The number of rotatable bonds is 4. The summed E-state index contributed by atoms with van der Waals surface area (Å²) < 4.78 is 5.42. The Balaban J connectivity index is 1.35. The van der Waals surface area contributed by atoms with Crippen LogP contribution in [0.2, 0.25) is 0 Å². The van der Waals surface area contributed by atoms with Crippen LogP contribution >= 0.6 is 0 Å². The number of aliphatic imine (C=N–C) groups is 1. The summed E-state index contributed by atoms with van der Waals surface area (Å²) in [4.78, 5) is 19.4. The predicted octanol–water partition coefficient (Wildman–Crippen LogP) is 2.04. The van der Waals surface area contributed by atoms with Crippen LogP contribution in [0.15, 0.2) is 47.1 Å². The maximum absolute atomic E-state index is 13.0. The first kappa shape index (κ1) is 20.7. The summed E-state index contributed by atoms with van der Waals surface area (Å²) in [5.74, 6) is 0.782. The number of carbonyl (C=O) groups is 1. The number of hydrazine groups is 1. The van der Waals surface area contributed by atoms with Crippen molar-refractivity contribution in [2.75, 3.05) is 19.8 Å². The fraction of sp³-hybridized carbons (Fsp3) is 0.545. The number of hydrogen-bond acceptors (Lipinski definition) is 6. The zero-order chi connectivity index (χ0) is 21.1. The summed E-state index contributed by atoms with van der Waals surface area (Å²) in [7, 11) is 0. The molecule has 3 aliphatic rings. The lowest BCUT2D eigenvalue weighted by atomic mass is 9.93. The Hall–Kier alpha value is -2.58. The van der Waals surface area contributed by atoms with Gasteiger partial charge in [-0.3, -0.25) is 5.43 Å². The number of fused-ring (bicyclic) bond motifs is 1. The molecule has 4 N–H and O–H groups in total. The molecule has 1 unspecified atom stereocenters. The van der Waals surface area contributed by atoms with Crippen LogP contribution in [0.5, 0.6) is 0 Å². The minimum atomic E-state index is -0.423. The number of hydrogen-bond donors (Lipinski definition) is 4. The third-order valence-corrected chi connectivity index (χ3v) is 6.27. The van der Waals surface area contributed by atoms with Gasteiger partial charge in [0.15, 0.2) is 5.96 Å². The summed E-state index contributed by atoms with van der Waals surface area (Å²) in [6.45, 7) is 8.30. The molecular weight excluding hydrogens is 380 g/mol. The van der Waals surface area contributed by atoms with Crippen LogP contribution in [0, 0.1) is 0 Å². The highest BCUT2D eigenvalue weighted by molar-refractivity contribution is 5.84. The molecule has 30 heavy (non-hydrogen) atoms. The van der Waals surface area contributed by atoms with Crippen molar-refractivity contribution in [3.63, 3.8) is 0 Å². The topological polar surface area (TPSA) is 90.0 Å². The number of carbonyl (C=O) groups excluding carboxylic acids is 1. The monoisotopic (exact) mass is 412 g/mol. The van der Waals surface area contributed by atoms with E-state index in [1.807, 2.05) is 48.4 Å². The first-order valence-electron chi connectivity index (χ1n) is 10.7. The lowest BCUT2D eigenvalue weighted by Gasteiger charge is -2.33. The molecule has 2 saturated heterocycles. The van der Waals surface area contributed by atoms with Gasteiger partial charge in [0.05, 0.1) is 11.6 Å². The van der Waals surface area contributed by atoms with Crippen molar-refractivity contribution in [3.8, 4) is 0 Å². The number of nitrogens with zero attached hydrogens (tertiary/aromatic N) is 2. The molecule has 1 aromatic carbocycles. The molecule has 162 valence electrons. The molecule has 0 radical (unpaired) electrons. The molecule has 0 bridgehead atoms. The molecule has 0 spiro atoms. The molecule has 2 amide bonds. The fourth-order valence-corrected chi connectivity index (χ4v) is 4.31. The van der Waals surface area contributed by atoms with Crippen molar-refractivity contribution in [2.45, 2.75) is 57.3 Å². The average molecular weight is 413 g/mol. The van der Waals surface area contributed by atoms with Gasteiger partial charge in [-0.1, -0.05) is 30.3 Å². The first-order chi connectivity index (χ1) is 14.4. The fourth-order valence-electron chi connectivity index (χ4n) is 4.31. The number of urea groups is 1. The van der Waals surface area contributed by atoms with Crippen LogP contribution in [-0.4, -0.2) is 54.3 Å². The molecular formula is C22H32N6O2. The highest BCUT2D eigenvalue weighted by Gasteiger charge is 2.47. The molecule has 2 atom stereocenters. The van der Waals surface area contributed by atoms with Crippen molar-refractivity contribution in [2.24, 2.45) is 4.99 Å². The van der Waals surface area contributed by atoms with E-state index in [9.17, 15) is 4.79 Å². The van der Waals surface area contributed by atoms with E-state index >= 15 is 0 Å². The SMILES string of the molecule is C[C@H](NNC(=O)N1CC2NC(NC3CCOCC3)=NC=C2C1(C)C)c1ccccc1. The van der Waals surface area contributed by atoms with Gasteiger partial charge in [0, 0.05) is 38.0 Å². The van der Waals surface area contributed by atoms with Crippen molar-refractivity contribution < 1.29 is 9.53 Å². The van der Waals surface area contributed by atoms with Crippen molar-refractivity contribution in [1.29, 1.82) is 0 Å². The second kappa shape index (κ2) is 8.65. The van der Waals surface area contributed by atoms with Gasteiger partial charge in [0.2, 0.25) is 0 Å². The Kier molecular flexibility index (Phi) is 5.97. The van der Waals surface area contributed by atoms with Gasteiger partial charge in [0.1, 0.15) is 0 Å². The Morgan fingerprint density at radius 2 is 2.00 bits per heavy atom. The number of amides is 2. The summed E-state index contributed by atoms with van der Waals surface area (Å²) in [5.41, 5.74) is 7.82. The third-order valence-electron chi connectivity index (χ3n) is 6.27. The van der Waals surface area contributed by atoms with Crippen molar-refractivity contribution in [3.05, 3.63) is 47.7 Å². The molecule has 2 fully saturated rings. The largest absolute Gasteiger partial charge is 0.381 e. The van der Waals surface area contributed by atoms with E-state index in [0.29, 0.717) is 12.6 Å². The average Bonchev–Trinajstić information content (AvgIpc) is 3.03. The van der Waals surface area contributed by atoms with E-state index in [2.05, 4.69) is 40.3 Å². The highest BCUT2D eigenvalue weighted by Crippen LogP contribution is 2.35. The summed E-state index contributed by atoms with van der Waals surface area (Å²) in [5, 5.41) is 6.96. The lowest BCUT2D eigenvalue weighted by molar-refractivity contribution is 0.0822. The summed E-state index contributed by atoms with van der Waals surface area (Å²) in [6.07, 6.45) is 3.87. The molecule has 0 aliphatic carbocycles. The van der Waals surface area contributed by atoms with Crippen LogP contribution in [0.4, 0.5) is 4.79 Å². The number of guanidine groups is 1. The van der Waals surface area contributed by atoms with E-state index in [4.69, 9.17) is 4.74 Å². The second-order valence-corrected chi connectivity index (χ2v) is 8.67. The number of nitrogens with one attached hydrogen (secondary N) is 4. The van der Waals surface area contributed by atoms with Crippen LogP contribution in [-0.2, 0) is 4.74 Å². The number of benzene rings is 1. The Morgan fingerprint density at radius 3 is 2.73 bits per heavy atom. The molecule has 0 aromatic heterocycles. The van der Waals surface area contributed by atoms with Gasteiger partial charge in [-0.2, -0.15) is 0 Å². The lowest BCUT2D eigenvalue weighted by Crippen LogP contribution is -2.53. The number of likely N-dealkylation sites (tertiary alicyclic amines) is 1. The Labute approximate surface area is 178 Å². The van der Waals surface area contributed by atoms with Gasteiger partial charge >= 0.3 is 6.03 Å². The van der Waals surface area contributed by atoms with Gasteiger partial charge in [-0.05, 0) is 44.7 Å². The van der Waals surface area contributed by atoms with E-state index in [1.165, 1.54) is 0 Å². The number of ether oxygens (including phenoxy) is 1. The maximum atomic E-state index is 13.0. The predicted molar refractivity (Wildman–Crippen MR) is 117 cm³/mol. The van der Waals surface area contributed by atoms with E-state index in [0.717, 1.165) is 43.2 Å². The van der Waals surface area contributed by atoms with Crippen LogP contribution in [0.1, 0.15) is 45.2 Å². The van der Waals surface area contributed by atoms with Crippen molar-refractivity contribution in [1.82, 2.24) is 26.4 Å². The summed E-state index contributed by atoms with van der Waals surface area (Å²) in [6, 6.07) is 10.3. The minimum absolute atomic E-state index is 0.0130. The van der Waals surface area contributed by atoms with Crippen molar-refractivity contribution >= 4 is 12.0 Å². The quantitative estimate of drug-likeness (QED) is 0.568. The first-order valence-corrected chi connectivity index (χ1v) is 10.7. The molecule has 8 nitrogen and oxygen atoms in total. The van der Waals surface area contributed by atoms with Gasteiger partial charge in [0.25, 0.3) is 0 Å². The second-order valence-electron chi connectivity index (χ2n) is 8.67. The molecule has 1 aromatic rings. The smallest absolute Gasteiger partial charge is 0.332 e. The normalized spacial score (nSPS) is 24.2. The standard InChI is InChI=1S/C22H32N6O2/c1-15(16-7-5-4-6-8-16)26-27-21(29)28-14-19-18(22(28,2)3)13-23-20(25-19)24-17-9-11-30-12-10-17/h4-8,13,15,17,19,26H,9-12,14H2,1-3H3,(H,27,29)(H2,23,24,25)/t15-,19?/m0/s1. The Bertz CT molecular complexity index is 816. The Morgan fingerprint density at radius 1 is 1.27 bits per heavy atom. The highest BCUT2D eigenvalue weighted by atomic mass is 16.5. The van der Waals surface area contributed by atoms with Gasteiger partial charge < -0.3 is 20.3 Å². The van der Waals surface area contributed by atoms with E-state index < -0.39 is 5.54 Å². The molecule has 3 aliphatic heterocycles. The minimum Gasteiger partial charge on any atom is -0.381 e. The van der Waals surface area contributed by atoms with Crippen LogP contribution in [0.25, 0.3) is 0 Å².